The highest BCUT2D eigenvalue weighted by Crippen LogP contribution is 2.54. The standard InChI is InChI=1S/C15H21BF2O2/c1-13(2)14(3,4)20-16(19-13)11-7-5-10(6-8-11)12-9-15(12,17)18/h5-7,11-12H,8-9H2,1-4H3. The van der Waals surface area contributed by atoms with E-state index in [4.69, 9.17) is 9.31 Å². The van der Waals surface area contributed by atoms with Crippen LogP contribution in [0.2, 0.25) is 5.82 Å². The van der Waals surface area contributed by atoms with Gasteiger partial charge in [0.2, 0.25) is 0 Å². The molecule has 0 aromatic heterocycles. The van der Waals surface area contributed by atoms with Crippen molar-refractivity contribution in [2.45, 2.75) is 63.5 Å². The quantitative estimate of drug-likeness (QED) is 0.713. The van der Waals surface area contributed by atoms with Crippen LogP contribution in [0.25, 0.3) is 0 Å². The lowest BCUT2D eigenvalue weighted by atomic mass is 9.68. The van der Waals surface area contributed by atoms with Gasteiger partial charge in [0.05, 0.1) is 17.1 Å². The Morgan fingerprint density at radius 2 is 1.70 bits per heavy atom. The Morgan fingerprint density at radius 1 is 1.15 bits per heavy atom. The van der Waals surface area contributed by atoms with Crippen molar-refractivity contribution in [2.75, 3.05) is 0 Å². The smallest absolute Gasteiger partial charge is 0.403 e. The van der Waals surface area contributed by atoms with E-state index in [0.29, 0.717) is 6.42 Å². The van der Waals surface area contributed by atoms with Crippen LogP contribution in [0.5, 0.6) is 0 Å². The van der Waals surface area contributed by atoms with Gasteiger partial charge in [-0.25, -0.2) is 8.78 Å². The average Bonchev–Trinajstić information content (AvgIpc) is 2.90. The molecule has 2 fully saturated rings. The number of hydrogen-bond donors (Lipinski definition) is 0. The zero-order valence-corrected chi connectivity index (χ0v) is 12.5. The van der Waals surface area contributed by atoms with Gasteiger partial charge in [-0.15, -0.1) is 0 Å². The molecule has 2 nitrogen and oxygen atoms in total. The van der Waals surface area contributed by atoms with E-state index >= 15 is 0 Å². The van der Waals surface area contributed by atoms with Gasteiger partial charge < -0.3 is 9.31 Å². The van der Waals surface area contributed by atoms with Gasteiger partial charge in [-0.1, -0.05) is 18.2 Å². The van der Waals surface area contributed by atoms with Crippen LogP contribution < -0.4 is 0 Å². The molecule has 1 aliphatic heterocycles. The lowest BCUT2D eigenvalue weighted by Gasteiger charge is -2.32. The third-order valence-electron chi connectivity index (χ3n) is 5.01. The van der Waals surface area contributed by atoms with Crippen molar-refractivity contribution < 1.29 is 18.1 Å². The van der Waals surface area contributed by atoms with Crippen LogP contribution >= 0.6 is 0 Å². The van der Waals surface area contributed by atoms with Crippen molar-refractivity contribution in [2.24, 2.45) is 5.92 Å². The second kappa shape index (κ2) is 4.17. The monoisotopic (exact) mass is 282 g/mol. The number of alkyl halides is 2. The SMILES string of the molecule is CC1(C)OB(C2C=CC(C3CC3(F)F)=CC2)OC1(C)C. The van der Waals surface area contributed by atoms with Gasteiger partial charge in [-0.2, -0.15) is 0 Å². The first-order valence-electron chi connectivity index (χ1n) is 7.24. The Morgan fingerprint density at radius 3 is 2.10 bits per heavy atom. The highest BCUT2D eigenvalue weighted by molar-refractivity contribution is 6.48. The predicted molar refractivity (Wildman–Crippen MR) is 74.7 cm³/mol. The number of rotatable bonds is 2. The molecule has 20 heavy (non-hydrogen) atoms. The fourth-order valence-corrected chi connectivity index (χ4v) is 2.75. The second-order valence-electron chi connectivity index (χ2n) is 7.11. The zero-order valence-electron chi connectivity index (χ0n) is 12.5. The van der Waals surface area contributed by atoms with Gasteiger partial charge in [0.1, 0.15) is 0 Å². The molecule has 110 valence electrons. The molecular formula is C15H21BF2O2. The largest absolute Gasteiger partial charge is 0.465 e. The summed E-state index contributed by atoms with van der Waals surface area (Å²) in [6, 6.07) is 0. The minimum atomic E-state index is -2.49. The maximum Gasteiger partial charge on any atom is 0.465 e. The molecule has 0 radical (unpaired) electrons. The maximum atomic E-state index is 13.1. The summed E-state index contributed by atoms with van der Waals surface area (Å²) in [6.07, 6.45) is 6.40. The Bertz CT molecular complexity index is 466. The van der Waals surface area contributed by atoms with E-state index in [9.17, 15) is 8.78 Å². The van der Waals surface area contributed by atoms with Crippen molar-refractivity contribution in [3.8, 4) is 0 Å². The molecule has 3 aliphatic rings. The second-order valence-corrected chi connectivity index (χ2v) is 7.11. The number of allylic oxidation sites excluding steroid dienone is 4. The summed E-state index contributed by atoms with van der Waals surface area (Å²) in [6.45, 7) is 8.08. The van der Waals surface area contributed by atoms with Crippen LogP contribution in [0, 0.1) is 5.92 Å². The van der Waals surface area contributed by atoms with Gasteiger partial charge in [0.15, 0.2) is 0 Å². The van der Waals surface area contributed by atoms with Gasteiger partial charge in [0.25, 0.3) is 5.92 Å². The van der Waals surface area contributed by atoms with E-state index in [1.165, 1.54) is 0 Å². The maximum absolute atomic E-state index is 13.1. The number of halogens is 2. The first kappa shape index (κ1) is 14.3. The van der Waals surface area contributed by atoms with E-state index in [1.807, 2.05) is 45.9 Å². The summed E-state index contributed by atoms with van der Waals surface area (Å²) >= 11 is 0. The topological polar surface area (TPSA) is 18.5 Å². The molecule has 1 saturated heterocycles. The third kappa shape index (κ3) is 2.25. The normalized spacial score (nSPS) is 36.9. The van der Waals surface area contributed by atoms with Crippen molar-refractivity contribution in [3.05, 3.63) is 23.8 Å². The Kier molecular flexibility index (Phi) is 2.97. The molecule has 3 rings (SSSR count). The van der Waals surface area contributed by atoms with E-state index < -0.39 is 11.8 Å². The molecule has 5 heteroatoms. The minimum Gasteiger partial charge on any atom is -0.403 e. The summed E-state index contributed by atoms with van der Waals surface area (Å²) in [5.41, 5.74) is 0.0701. The molecule has 0 spiro atoms. The van der Waals surface area contributed by atoms with Crippen LogP contribution in [-0.2, 0) is 9.31 Å². The van der Waals surface area contributed by atoms with Gasteiger partial charge in [-0.05, 0) is 39.7 Å². The molecular weight excluding hydrogens is 261 g/mol. The molecule has 2 aliphatic carbocycles. The molecule has 0 amide bonds. The number of hydrogen-bond acceptors (Lipinski definition) is 2. The van der Waals surface area contributed by atoms with Gasteiger partial charge >= 0.3 is 7.12 Å². The summed E-state index contributed by atoms with van der Waals surface area (Å²) < 4.78 is 38.1. The van der Waals surface area contributed by atoms with Crippen molar-refractivity contribution in [1.82, 2.24) is 0 Å². The van der Waals surface area contributed by atoms with Crippen molar-refractivity contribution in [3.63, 3.8) is 0 Å². The van der Waals surface area contributed by atoms with Crippen LogP contribution in [0.1, 0.15) is 40.5 Å². The molecule has 0 N–H and O–H groups in total. The Balaban J connectivity index is 1.64. The first-order chi connectivity index (χ1) is 9.12. The van der Waals surface area contributed by atoms with E-state index in [0.717, 1.165) is 5.57 Å². The fraction of sp³-hybridized carbons (Fsp3) is 0.733. The summed E-state index contributed by atoms with van der Waals surface area (Å²) in [5, 5.41) is 0. The summed E-state index contributed by atoms with van der Waals surface area (Å²) in [5.74, 6) is -2.96. The van der Waals surface area contributed by atoms with Crippen LogP contribution in [0.15, 0.2) is 23.8 Å². The molecule has 2 atom stereocenters. The third-order valence-corrected chi connectivity index (χ3v) is 5.01. The molecule has 2 unspecified atom stereocenters. The zero-order chi connectivity index (χ0) is 14.8. The lowest BCUT2D eigenvalue weighted by molar-refractivity contribution is 0.00578. The average molecular weight is 282 g/mol. The van der Waals surface area contributed by atoms with Crippen LogP contribution in [0.4, 0.5) is 8.78 Å². The summed E-state index contributed by atoms with van der Waals surface area (Å²) in [7, 11) is -0.297. The molecule has 0 bridgehead atoms. The predicted octanol–water partition coefficient (Wildman–Crippen LogP) is 3.99. The lowest BCUT2D eigenvalue weighted by Crippen LogP contribution is -2.41. The Hall–Kier alpha value is -0.675. The highest BCUT2D eigenvalue weighted by Gasteiger charge is 2.58. The molecule has 1 saturated carbocycles. The first-order valence-corrected chi connectivity index (χ1v) is 7.24. The van der Waals surface area contributed by atoms with Crippen molar-refractivity contribution in [1.29, 1.82) is 0 Å². The molecule has 0 aromatic rings. The van der Waals surface area contributed by atoms with E-state index in [2.05, 4.69) is 0 Å². The molecule has 0 aromatic carbocycles. The van der Waals surface area contributed by atoms with E-state index in [-0.39, 0.29) is 30.6 Å². The summed E-state index contributed by atoms with van der Waals surface area (Å²) in [4.78, 5) is 0. The highest BCUT2D eigenvalue weighted by atomic mass is 19.3. The Labute approximate surface area is 119 Å². The van der Waals surface area contributed by atoms with Crippen molar-refractivity contribution >= 4 is 7.12 Å². The minimum absolute atomic E-state index is 0.00959. The van der Waals surface area contributed by atoms with Gasteiger partial charge in [0, 0.05) is 12.2 Å². The van der Waals surface area contributed by atoms with Gasteiger partial charge in [-0.3, -0.25) is 0 Å². The fourth-order valence-electron chi connectivity index (χ4n) is 2.75. The van der Waals surface area contributed by atoms with Crippen LogP contribution in [-0.4, -0.2) is 24.2 Å². The van der Waals surface area contributed by atoms with Crippen LogP contribution in [0.3, 0.4) is 0 Å². The van der Waals surface area contributed by atoms with E-state index in [1.54, 1.807) is 0 Å². The molecule has 1 heterocycles.